The van der Waals surface area contributed by atoms with Crippen LogP contribution >= 0.6 is 0 Å². The van der Waals surface area contributed by atoms with Crippen LogP contribution in [0.2, 0.25) is 0 Å². The van der Waals surface area contributed by atoms with E-state index in [0.29, 0.717) is 31.0 Å². The topological polar surface area (TPSA) is 32.7 Å². The molecule has 0 heterocycles. The van der Waals surface area contributed by atoms with Crippen molar-refractivity contribution < 1.29 is 14.2 Å². The third-order valence-electron chi connectivity index (χ3n) is 2.62. The molecule has 0 radical (unpaired) electrons. The molecule has 1 aromatic carbocycles. The highest BCUT2D eigenvalue weighted by atomic mass is 19.1. The van der Waals surface area contributed by atoms with E-state index in [-0.39, 0.29) is 5.82 Å². The van der Waals surface area contributed by atoms with Crippen LogP contribution in [0.15, 0.2) is 18.2 Å². The lowest BCUT2D eigenvalue weighted by Gasteiger charge is -2.24. The first-order chi connectivity index (χ1) is 8.07. The molecule has 0 aromatic heterocycles. The smallest absolute Gasteiger partial charge is 0.146 e. The van der Waals surface area contributed by atoms with Gasteiger partial charge in [-0.15, -0.1) is 0 Å². The molecule has 1 atom stereocenters. The molecule has 0 aliphatic carbocycles. The van der Waals surface area contributed by atoms with Crippen LogP contribution in [0.1, 0.15) is 25.5 Å². The fraction of sp³-hybridized carbons (Fsp3) is 0.538. The van der Waals surface area contributed by atoms with E-state index < -0.39 is 6.10 Å². The Hall–Kier alpha value is -1.13. The van der Waals surface area contributed by atoms with Gasteiger partial charge in [0, 0.05) is 25.8 Å². The number of hydrogen-bond donors (Lipinski definition) is 1. The van der Waals surface area contributed by atoms with Gasteiger partial charge in [0.05, 0.1) is 18.4 Å². The predicted octanol–water partition coefficient (Wildman–Crippen LogP) is 2.35. The molecule has 0 saturated heterocycles. The molecule has 0 bridgehead atoms. The SMILES string of the molecule is CCOCCN(C)c1c(F)cccc1[C@H](C)O. The molecule has 0 unspecified atom stereocenters. The lowest BCUT2D eigenvalue weighted by molar-refractivity contribution is 0.154. The third-order valence-corrected chi connectivity index (χ3v) is 2.62. The maximum atomic E-state index is 13.8. The van der Waals surface area contributed by atoms with E-state index in [1.54, 1.807) is 31.0 Å². The van der Waals surface area contributed by atoms with Crippen LogP contribution in [0.25, 0.3) is 0 Å². The molecule has 17 heavy (non-hydrogen) atoms. The number of aliphatic hydroxyl groups excluding tert-OH is 1. The van der Waals surface area contributed by atoms with Crippen molar-refractivity contribution in [2.45, 2.75) is 20.0 Å². The highest BCUT2D eigenvalue weighted by molar-refractivity contribution is 5.55. The Morgan fingerprint density at radius 1 is 1.47 bits per heavy atom. The Labute approximate surface area is 102 Å². The molecule has 4 heteroatoms. The summed E-state index contributed by atoms with van der Waals surface area (Å²) >= 11 is 0. The van der Waals surface area contributed by atoms with Crippen LogP contribution in [-0.2, 0) is 4.74 Å². The number of likely N-dealkylation sites (N-methyl/N-ethyl adjacent to an activating group) is 1. The van der Waals surface area contributed by atoms with E-state index in [2.05, 4.69) is 0 Å². The first kappa shape index (κ1) is 13.9. The van der Waals surface area contributed by atoms with Gasteiger partial charge < -0.3 is 14.7 Å². The van der Waals surface area contributed by atoms with Gasteiger partial charge in [0.25, 0.3) is 0 Å². The zero-order chi connectivity index (χ0) is 12.8. The fourth-order valence-corrected chi connectivity index (χ4v) is 1.73. The number of aliphatic hydroxyl groups is 1. The van der Waals surface area contributed by atoms with E-state index in [0.717, 1.165) is 0 Å². The van der Waals surface area contributed by atoms with Crippen molar-refractivity contribution in [3.05, 3.63) is 29.6 Å². The van der Waals surface area contributed by atoms with E-state index in [4.69, 9.17) is 4.74 Å². The second kappa shape index (κ2) is 6.57. The minimum atomic E-state index is -0.685. The van der Waals surface area contributed by atoms with E-state index in [9.17, 15) is 9.50 Å². The molecule has 3 nitrogen and oxygen atoms in total. The Morgan fingerprint density at radius 3 is 2.76 bits per heavy atom. The van der Waals surface area contributed by atoms with Crippen molar-refractivity contribution in [2.75, 3.05) is 31.7 Å². The van der Waals surface area contributed by atoms with Crippen molar-refractivity contribution in [1.29, 1.82) is 0 Å². The summed E-state index contributed by atoms with van der Waals surface area (Å²) in [6, 6.07) is 4.75. The molecule has 96 valence electrons. The summed E-state index contributed by atoms with van der Waals surface area (Å²) in [5.74, 6) is -0.317. The minimum absolute atomic E-state index is 0.317. The van der Waals surface area contributed by atoms with Gasteiger partial charge in [0.1, 0.15) is 5.82 Å². The van der Waals surface area contributed by atoms with Crippen molar-refractivity contribution >= 4 is 5.69 Å². The number of hydrogen-bond acceptors (Lipinski definition) is 3. The Bertz CT molecular complexity index is 355. The first-order valence-corrected chi connectivity index (χ1v) is 5.83. The number of benzene rings is 1. The summed E-state index contributed by atoms with van der Waals surface area (Å²) in [5, 5.41) is 9.62. The van der Waals surface area contributed by atoms with Gasteiger partial charge in [-0.3, -0.25) is 0 Å². The van der Waals surface area contributed by atoms with Crippen LogP contribution in [0, 0.1) is 5.82 Å². The Balaban J connectivity index is 2.87. The second-order valence-corrected chi connectivity index (χ2v) is 3.97. The fourth-order valence-electron chi connectivity index (χ4n) is 1.73. The maximum absolute atomic E-state index is 13.8. The molecule has 0 aliphatic rings. The zero-order valence-electron chi connectivity index (χ0n) is 10.6. The number of ether oxygens (including phenoxy) is 1. The molecule has 0 amide bonds. The van der Waals surface area contributed by atoms with Gasteiger partial charge in [-0.25, -0.2) is 4.39 Å². The third kappa shape index (κ3) is 3.68. The molecule has 0 spiro atoms. The Kier molecular flexibility index (Phi) is 5.38. The van der Waals surface area contributed by atoms with Crippen molar-refractivity contribution in [3.63, 3.8) is 0 Å². The summed E-state index contributed by atoms with van der Waals surface area (Å²) in [4.78, 5) is 1.77. The summed E-state index contributed by atoms with van der Waals surface area (Å²) in [6.45, 7) is 5.34. The summed E-state index contributed by atoms with van der Waals surface area (Å²) in [7, 11) is 1.79. The molecule has 0 aliphatic heterocycles. The number of rotatable bonds is 6. The number of halogens is 1. The van der Waals surface area contributed by atoms with Gasteiger partial charge in [-0.1, -0.05) is 12.1 Å². The van der Waals surface area contributed by atoms with Gasteiger partial charge in [-0.05, 0) is 19.9 Å². The normalized spacial score (nSPS) is 12.5. The standard InChI is InChI=1S/C13H20FNO2/c1-4-17-9-8-15(3)13-11(10(2)16)6-5-7-12(13)14/h5-7,10,16H,4,8-9H2,1-3H3/t10-/m0/s1. The summed E-state index contributed by atoms with van der Waals surface area (Å²) in [5.41, 5.74) is 1.05. The zero-order valence-corrected chi connectivity index (χ0v) is 10.6. The molecule has 0 saturated carbocycles. The number of anilines is 1. The average Bonchev–Trinajstić information content (AvgIpc) is 2.28. The van der Waals surface area contributed by atoms with E-state index in [1.165, 1.54) is 6.07 Å². The van der Waals surface area contributed by atoms with Crippen LogP contribution < -0.4 is 4.90 Å². The number of para-hydroxylation sites is 1. The minimum Gasteiger partial charge on any atom is -0.389 e. The predicted molar refractivity (Wildman–Crippen MR) is 66.8 cm³/mol. The van der Waals surface area contributed by atoms with Crippen LogP contribution in [-0.4, -0.2) is 31.9 Å². The van der Waals surface area contributed by atoms with E-state index in [1.807, 2.05) is 6.92 Å². The Morgan fingerprint density at radius 2 is 2.18 bits per heavy atom. The van der Waals surface area contributed by atoms with E-state index >= 15 is 0 Å². The van der Waals surface area contributed by atoms with Gasteiger partial charge in [0.2, 0.25) is 0 Å². The quantitative estimate of drug-likeness (QED) is 0.776. The monoisotopic (exact) mass is 241 g/mol. The largest absolute Gasteiger partial charge is 0.389 e. The van der Waals surface area contributed by atoms with Gasteiger partial charge in [-0.2, -0.15) is 0 Å². The van der Waals surface area contributed by atoms with Crippen molar-refractivity contribution in [3.8, 4) is 0 Å². The maximum Gasteiger partial charge on any atom is 0.146 e. The van der Waals surface area contributed by atoms with Crippen molar-refractivity contribution in [2.24, 2.45) is 0 Å². The highest BCUT2D eigenvalue weighted by Gasteiger charge is 2.15. The lowest BCUT2D eigenvalue weighted by Crippen LogP contribution is -2.25. The van der Waals surface area contributed by atoms with Gasteiger partial charge in [0.15, 0.2) is 0 Å². The first-order valence-electron chi connectivity index (χ1n) is 5.83. The summed E-state index contributed by atoms with van der Waals surface area (Å²) in [6.07, 6.45) is -0.685. The van der Waals surface area contributed by atoms with Crippen LogP contribution in [0.4, 0.5) is 10.1 Å². The molecular formula is C13H20FNO2. The van der Waals surface area contributed by atoms with Gasteiger partial charge >= 0.3 is 0 Å². The molecule has 1 N–H and O–H groups in total. The molecular weight excluding hydrogens is 221 g/mol. The number of nitrogens with zero attached hydrogens (tertiary/aromatic N) is 1. The molecule has 1 rings (SSSR count). The summed E-state index contributed by atoms with van der Waals surface area (Å²) < 4.78 is 19.0. The van der Waals surface area contributed by atoms with Crippen LogP contribution in [0.5, 0.6) is 0 Å². The lowest BCUT2D eigenvalue weighted by atomic mass is 10.1. The average molecular weight is 241 g/mol. The highest BCUT2D eigenvalue weighted by Crippen LogP contribution is 2.28. The van der Waals surface area contributed by atoms with Crippen LogP contribution in [0.3, 0.4) is 0 Å². The molecule has 1 aromatic rings. The second-order valence-electron chi connectivity index (χ2n) is 3.97. The molecule has 0 fully saturated rings. The van der Waals surface area contributed by atoms with Crippen molar-refractivity contribution in [1.82, 2.24) is 0 Å².